The second-order valence-corrected chi connectivity index (χ2v) is 36.2. The highest BCUT2D eigenvalue weighted by Crippen LogP contribution is 2.48. The number of halogens is 6. The van der Waals surface area contributed by atoms with Crippen LogP contribution in [-0.2, 0) is 61.8 Å². The lowest BCUT2D eigenvalue weighted by molar-refractivity contribution is -0.0755. The number of anilines is 3. The van der Waals surface area contributed by atoms with Crippen LogP contribution in [0.15, 0.2) is 18.6 Å². The number of rotatable bonds is 26. The predicted molar refractivity (Wildman–Crippen MR) is 354 cm³/mol. The molecule has 3 aliphatic carbocycles. The summed E-state index contributed by atoms with van der Waals surface area (Å²) in [5.41, 5.74) is 0.505. The van der Waals surface area contributed by atoms with Gasteiger partial charge in [-0.05, 0) is 73.3 Å². The Bertz CT molecular complexity index is 4290. The molecule has 6 aromatic heterocycles. The summed E-state index contributed by atoms with van der Waals surface area (Å²) in [7, 11) is -23.7. The van der Waals surface area contributed by atoms with Gasteiger partial charge in [0.05, 0.1) is 60.3 Å². The maximum atomic E-state index is 15.1. The quantitative estimate of drug-likeness (QED) is 0.0272. The van der Waals surface area contributed by atoms with E-state index in [9.17, 15) is 84.0 Å². The minimum Gasteiger partial charge on any atom is -0.396 e. The highest BCUT2D eigenvalue weighted by molar-refractivity contribution is 7.98. The molecule has 38 nitrogen and oxygen atoms in total. The van der Waals surface area contributed by atoms with Crippen LogP contribution in [-0.4, -0.2) is 254 Å². The molecule has 3 aliphatic heterocycles. The van der Waals surface area contributed by atoms with Gasteiger partial charge in [-0.1, -0.05) is 45.4 Å². The van der Waals surface area contributed by atoms with Crippen molar-refractivity contribution in [2.24, 2.45) is 0 Å². The molecule has 9 heterocycles. The zero-order chi connectivity index (χ0) is 74.1. The highest BCUT2D eigenvalue weighted by Gasteiger charge is 2.52. The number of nitrogens with zero attached hydrogens (tertiary/aromatic N) is 12. The zero-order valence-corrected chi connectivity index (χ0v) is 60.5. The minimum absolute atomic E-state index is 0.0629. The van der Waals surface area contributed by atoms with Gasteiger partial charge >= 0.3 is 22.8 Å². The van der Waals surface area contributed by atoms with Crippen molar-refractivity contribution < 1.29 is 122 Å². The van der Waals surface area contributed by atoms with Gasteiger partial charge in [0.2, 0.25) is 15.9 Å². The van der Waals surface area contributed by atoms with Crippen molar-refractivity contribution >= 4 is 128 Å². The van der Waals surface area contributed by atoms with Crippen LogP contribution in [0, 0.1) is 0 Å². The van der Waals surface area contributed by atoms with E-state index in [0.29, 0.717) is 39.9 Å². The first kappa shape index (κ1) is 80.2. The van der Waals surface area contributed by atoms with Gasteiger partial charge in [0.15, 0.2) is 79.7 Å². The van der Waals surface area contributed by atoms with Gasteiger partial charge in [0.25, 0.3) is 10.4 Å². The molecule has 3 saturated carbocycles. The Morgan fingerprint density at radius 3 is 1.11 bits per heavy atom. The number of aromatic nitrogens is 12. The fraction of sp³-hybridized carbons (Fsp3) is 0.717. The number of hydrogen-bond acceptors (Lipinski definition) is 29. The van der Waals surface area contributed by atoms with E-state index in [1.165, 1.54) is 25.5 Å². The van der Waals surface area contributed by atoms with Gasteiger partial charge in [-0.2, -0.15) is 45.2 Å². The zero-order valence-electron chi connectivity index (χ0n) is 53.9. The van der Waals surface area contributed by atoms with Crippen LogP contribution in [0.25, 0.3) is 33.1 Å². The first-order chi connectivity index (χ1) is 48.0. The van der Waals surface area contributed by atoms with Crippen LogP contribution in [0.2, 0.25) is 15.9 Å². The van der Waals surface area contributed by atoms with E-state index in [2.05, 4.69) is 61.2 Å². The van der Waals surface area contributed by atoms with Crippen molar-refractivity contribution in [1.29, 1.82) is 0 Å². The first-order valence-corrected chi connectivity index (χ1v) is 41.8. The number of sulfone groups is 2. The van der Waals surface area contributed by atoms with Crippen LogP contribution in [0.4, 0.5) is 30.6 Å². The largest absolute Gasteiger partial charge is 0.396 e. The fourth-order valence-corrected chi connectivity index (χ4v) is 19.3. The van der Waals surface area contributed by atoms with E-state index < -0.39 is 165 Å². The molecule has 49 heteroatoms. The summed E-state index contributed by atoms with van der Waals surface area (Å²) >= 11 is 18.2. The number of ether oxygens (including phenoxy) is 6. The lowest BCUT2D eigenvalue weighted by atomic mass is 10.1. The Hall–Kier alpha value is -4.34. The summed E-state index contributed by atoms with van der Waals surface area (Å²) in [6.45, 7) is -1.42. The molecular weight excluding hydrogens is 1540 g/mol. The molecule has 0 bridgehead atoms. The molecule has 6 aromatic rings. The van der Waals surface area contributed by atoms with E-state index in [-0.39, 0.29) is 57.3 Å². The van der Waals surface area contributed by atoms with E-state index >= 15 is 4.39 Å². The topological polar surface area (TPSA) is 544 Å². The van der Waals surface area contributed by atoms with Gasteiger partial charge in [0, 0.05) is 37.4 Å². The fourth-order valence-electron chi connectivity index (χ4n) is 12.5. The van der Waals surface area contributed by atoms with Crippen molar-refractivity contribution in [3.63, 3.8) is 0 Å². The molecule has 570 valence electrons. The third-order valence-corrected chi connectivity index (χ3v) is 26.9. The Morgan fingerprint density at radius 1 is 0.529 bits per heavy atom. The molecule has 12 rings (SSSR count). The molecule has 6 fully saturated rings. The van der Waals surface area contributed by atoms with Crippen LogP contribution in [0.5, 0.6) is 0 Å². The first-order valence-electron chi connectivity index (χ1n) is 31.9. The van der Waals surface area contributed by atoms with Crippen LogP contribution < -0.4 is 16.0 Å². The summed E-state index contributed by atoms with van der Waals surface area (Å²) < 4.78 is 162. The third kappa shape index (κ3) is 18.6. The molecule has 15 atom stereocenters. The van der Waals surface area contributed by atoms with E-state index in [1.54, 1.807) is 0 Å². The number of alkyl halides is 3. The van der Waals surface area contributed by atoms with Crippen molar-refractivity contribution in [2.45, 2.75) is 199 Å². The molecular formula is C53H76Cl3F3N15O23P3S2. The molecule has 3 saturated heterocycles. The van der Waals surface area contributed by atoms with Gasteiger partial charge in [-0.15, -0.1) is 0 Å². The van der Waals surface area contributed by atoms with Crippen molar-refractivity contribution in [2.75, 3.05) is 54.4 Å². The molecule has 3 unspecified atom stereocenters. The Morgan fingerprint density at radius 2 is 0.833 bits per heavy atom. The highest BCUT2D eigenvalue weighted by atomic mass is 35.5. The van der Waals surface area contributed by atoms with Crippen LogP contribution in [0.1, 0.15) is 109 Å². The van der Waals surface area contributed by atoms with Crippen molar-refractivity contribution in [1.82, 2.24) is 59.2 Å². The summed E-state index contributed by atoms with van der Waals surface area (Å²) in [6, 6.07) is 0.645. The predicted octanol–water partition coefficient (Wildman–Crippen LogP) is 3.63. The average molecular weight is 1610 g/mol. The minimum atomic E-state index is -5.22. The number of aliphatic hydroxyl groups excluding tert-OH is 4. The average Bonchev–Trinajstić information content (AvgIpc) is 1.62. The normalized spacial score (nSPS) is 27.3. The van der Waals surface area contributed by atoms with Gasteiger partial charge in [-0.3, -0.25) is 13.7 Å². The second kappa shape index (κ2) is 33.0. The molecule has 13 N–H and O–H groups in total. The lowest BCUT2D eigenvalue weighted by Gasteiger charge is -2.21. The third-order valence-electron chi connectivity index (χ3n) is 17.6. The van der Waals surface area contributed by atoms with Gasteiger partial charge in [0.1, 0.15) is 54.1 Å². The standard InChI is InChI=1S/C18H26ClFN5O8PS.C18H26ClFN5O7P.C17H24ClFN5O8PS/c1-2-35(30,31)18(34(27,28)29)32-8-11-13(26)12(20)16(33-11)25-15-10(7-21-25)14(23-17(19)24-15)22-9-5-3-4-6-9;19-18-23-15(22-9-3-1-2-4-9)10-7-21-25(16(10)24-18)17-13(20)14(27)11(32-17)8-31-12(5-6-26)33(28,29)30;1-34(29,30)17(33(26,27)28)31-7-10-12(25)11(19)15(32-10)24-14-9(6-20-24)13(22-16(18)23-14)21-8-4-2-3-5-8/h7,9,11-13,16,18,26H,2-6,8H2,1H3,(H,22,23,24)(H2,27,28,29);7,9,11-14,17,26-27H,1-6,8H2,(H,22,23,24)(H2,28,29,30);6,8,10-12,15,17,25H,2-5,7H2,1H3,(H,21,22,23)(H2,26,27,28)/t11-,12+,13-,16-,18?;11-,12?,13+,14-,17-;10-,11+,12-,15-,17?/m111/s1. The summed E-state index contributed by atoms with van der Waals surface area (Å²) in [5.74, 6) is -0.856. The molecule has 0 spiro atoms. The summed E-state index contributed by atoms with van der Waals surface area (Å²) in [6.07, 6.45) is -2.76. The van der Waals surface area contributed by atoms with E-state index in [4.69, 9.17) is 68.3 Å². The van der Waals surface area contributed by atoms with E-state index in [0.717, 1.165) is 91.1 Å². The number of aliphatic hydroxyl groups is 4. The monoisotopic (exact) mass is 1610 g/mol. The smallest absolute Gasteiger partial charge is 0.369 e. The summed E-state index contributed by atoms with van der Waals surface area (Å²) in [5, 5.41) is 58.5. The number of fused-ring (bicyclic) bond motifs is 3. The maximum absolute atomic E-state index is 15.1. The van der Waals surface area contributed by atoms with Crippen molar-refractivity contribution in [3.05, 3.63) is 34.4 Å². The SMILES string of the molecule is CCS(=O)(=O)C(OC[C@H]1O[C@@H](n2ncc3c(NC4CCCC4)nc(Cl)nc32)[C@@H](F)[C@@H]1O)P(=O)(O)O.CS(=O)(=O)C(OC[C@H]1O[C@@H](n2ncc3c(NC4CCCC4)nc(Cl)nc32)[C@@H](F)[C@@H]1O)P(=O)(O)O.O=P(O)(O)C(CCO)OC[C@H]1O[C@@H](n2ncc3c(NC4CCCC4)nc(Cl)nc32)[C@@H](F)[C@@H]1O. The Kier molecular flexibility index (Phi) is 26.0. The lowest BCUT2D eigenvalue weighted by Crippen LogP contribution is -2.35. The Balaban J connectivity index is 0.000000165. The maximum Gasteiger partial charge on any atom is 0.369 e. The molecule has 0 amide bonds. The van der Waals surface area contributed by atoms with Gasteiger partial charge < -0.3 is 94.2 Å². The molecule has 102 heavy (non-hydrogen) atoms. The van der Waals surface area contributed by atoms with E-state index in [1.807, 2.05) is 0 Å². The van der Waals surface area contributed by atoms with Gasteiger partial charge in [-0.25, -0.2) is 44.1 Å². The number of nitrogens with one attached hydrogen (secondary N) is 3. The van der Waals surface area contributed by atoms with Crippen LogP contribution >= 0.6 is 57.6 Å². The number of hydrogen-bond donors (Lipinski definition) is 13. The van der Waals surface area contributed by atoms with Crippen LogP contribution in [0.3, 0.4) is 0 Å². The molecule has 0 aromatic carbocycles. The molecule has 6 aliphatic rings. The second-order valence-electron chi connectivity index (χ2n) is 25.0. The van der Waals surface area contributed by atoms with Crippen molar-refractivity contribution in [3.8, 4) is 0 Å². The Labute approximate surface area is 593 Å². The molecule has 0 radical (unpaired) electrons. The summed E-state index contributed by atoms with van der Waals surface area (Å²) in [4.78, 5) is 81.0.